The van der Waals surface area contributed by atoms with Crippen molar-refractivity contribution < 1.29 is 72.3 Å². The number of likely N-dealkylation sites (N-methyl/N-ethyl adjacent to an activating group) is 2. The van der Waals surface area contributed by atoms with Crippen molar-refractivity contribution in [3.63, 3.8) is 0 Å². The van der Waals surface area contributed by atoms with Gasteiger partial charge in [-0.1, -0.05) is 31.2 Å². The Hall–Kier alpha value is -2.39. The molecule has 17 nitrogen and oxygen atoms in total. The minimum atomic E-state index is -1.50. The third-order valence-electron chi connectivity index (χ3n) is 12.7. The fourth-order valence-electron chi connectivity index (χ4n) is 9.39. The summed E-state index contributed by atoms with van der Waals surface area (Å²) < 4.78 is 56.6. The number of carbonyl (C=O) groups is 3. The zero-order chi connectivity index (χ0) is 46.1. The molecule has 4 aliphatic rings. The van der Waals surface area contributed by atoms with Crippen molar-refractivity contribution in [2.45, 2.75) is 197 Å². The lowest BCUT2D eigenvalue weighted by atomic mass is 9.82. The first-order valence-corrected chi connectivity index (χ1v) is 22.2. The summed E-state index contributed by atoms with van der Waals surface area (Å²) in [6.07, 6.45) is -1.89. The van der Waals surface area contributed by atoms with E-state index in [0.29, 0.717) is 19.3 Å². The summed E-state index contributed by atoms with van der Waals surface area (Å²) in [5.74, 6) is -2.18. The van der Waals surface area contributed by atoms with Crippen LogP contribution in [0.3, 0.4) is 0 Å². The number of hydrogen-bond acceptors (Lipinski definition) is 17. The van der Waals surface area contributed by atoms with E-state index in [1.165, 1.54) is 21.0 Å². The molecule has 3 fully saturated rings. The SMILES string of the molecule is CO[C@@H]1[C@@H](O[C@@H]2O[C@H](C)[C@H](O[C@@H]3C[C@](C)(O)[C@H](O)[C@H](C)O3)[C@H](N(C)C)[C@@H]2OC(C)=O)[C@@H](CC=O)C[C@@H](C)[C@@H](O[C@@H]2CC[C@@H](N(C)C)[C@H](C)O2)/C=C/C=C/C[C@@H](C)OC(=O)C[C@H]1O. The fourth-order valence-corrected chi connectivity index (χ4v) is 9.39. The number of aliphatic hydroxyl groups is 3. The zero-order valence-corrected chi connectivity index (χ0v) is 38.9. The van der Waals surface area contributed by atoms with Gasteiger partial charge in [-0.3, -0.25) is 9.59 Å². The normalized spacial score (nSPS) is 44.0. The van der Waals surface area contributed by atoms with Gasteiger partial charge in [0.2, 0.25) is 0 Å². The molecule has 19 atom stereocenters. The van der Waals surface area contributed by atoms with Gasteiger partial charge in [0.25, 0.3) is 0 Å². The van der Waals surface area contributed by atoms with Crippen molar-refractivity contribution in [2.24, 2.45) is 11.8 Å². The first-order chi connectivity index (χ1) is 29.2. The van der Waals surface area contributed by atoms with Gasteiger partial charge in [0, 0.05) is 39.3 Å². The molecule has 0 saturated carbocycles. The van der Waals surface area contributed by atoms with Gasteiger partial charge in [0.15, 0.2) is 25.0 Å². The van der Waals surface area contributed by atoms with Gasteiger partial charge in [-0.25, -0.2) is 0 Å². The molecule has 0 amide bonds. The first kappa shape index (κ1) is 52.2. The lowest BCUT2D eigenvalue weighted by Crippen LogP contribution is -2.66. The second-order valence-corrected chi connectivity index (χ2v) is 18.4. The Labute approximate surface area is 368 Å². The van der Waals surface area contributed by atoms with Crippen LogP contribution in [0.1, 0.15) is 93.4 Å². The Morgan fingerprint density at radius 2 is 1.58 bits per heavy atom. The number of nitrogens with zero attached hydrogens (tertiary/aromatic N) is 2. The molecular weight excluding hydrogens is 808 g/mol. The van der Waals surface area contributed by atoms with Crippen LogP contribution >= 0.6 is 0 Å². The second kappa shape index (κ2) is 23.7. The van der Waals surface area contributed by atoms with E-state index in [1.807, 2.05) is 57.1 Å². The van der Waals surface area contributed by atoms with Crippen LogP contribution < -0.4 is 0 Å². The number of esters is 2. The number of aldehydes is 1. The Bertz CT molecular complexity index is 1480. The second-order valence-electron chi connectivity index (χ2n) is 18.4. The molecule has 0 radical (unpaired) electrons. The van der Waals surface area contributed by atoms with Crippen LogP contribution in [-0.2, 0) is 57.0 Å². The largest absolute Gasteiger partial charge is 0.462 e. The minimum absolute atomic E-state index is 0.0345. The Kier molecular flexibility index (Phi) is 20.0. The molecule has 17 heteroatoms. The molecule has 0 aromatic rings. The maximum Gasteiger partial charge on any atom is 0.308 e. The highest BCUT2D eigenvalue weighted by atomic mass is 16.7. The topological polar surface area (TPSA) is 201 Å². The average Bonchev–Trinajstić information content (AvgIpc) is 3.16. The molecule has 62 heavy (non-hydrogen) atoms. The summed E-state index contributed by atoms with van der Waals surface area (Å²) in [7, 11) is 9.03. The summed E-state index contributed by atoms with van der Waals surface area (Å²) in [5.41, 5.74) is -1.50. The van der Waals surface area contributed by atoms with E-state index in [1.54, 1.807) is 34.9 Å². The summed E-state index contributed by atoms with van der Waals surface area (Å²) >= 11 is 0. The number of allylic oxidation sites excluding steroid dienone is 2. The maximum absolute atomic E-state index is 13.2. The number of methoxy groups -OCH3 is 1. The highest BCUT2D eigenvalue weighted by molar-refractivity contribution is 5.70. The van der Waals surface area contributed by atoms with Crippen LogP contribution in [0.2, 0.25) is 0 Å². The standard InChI is InChI=1S/C45H76N2O15/c1-25-22-31(20-21-48)40(62-44-42(59-30(6)49)38(47(10)11)39(28(4)58-44)61-37-24-45(7,53)43(52)29(5)57-37)41(54-12)33(50)23-35(51)55-26(2)16-14-13-15-17-34(25)60-36-19-18-32(46(8)9)27(3)56-36/h13-15,17,21,25-29,31-34,36-44,50,52-53H,16,18-20,22-24H2,1-12H3/b14-13+,17-15+/t25-,26-,27+,28-,29+,31+,32-,33-,34+,36-,37-,38+,39+,40+,41+,42+,43-,44+,45+/m1/s1. The Morgan fingerprint density at radius 1 is 0.887 bits per heavy atom. The van der Waals surface area contributed by atoms with Crippen LogP contribution in [0, 0.1) is 11.8 Å². The Balaban J connectivity index is 1.73. The highest BCUT2D eigenvalue weighted by Crippen LogP contribution is 2.38. The molecular formula is C45H76N2O15. The van der Waals surface area contributed by atoms with Crippen LogP contribution in [0.4, 0.5) is 0 Å². The minimum Gasteiger partial charge on any atom is -0.462 e. The molecule has 4 aliphatic heterocycles. The van der Waals surface area contributed by atoms with Crippen LogP contribution in [-0.4, -0.2) is 182 Å². The van der Waals surface area contributed by atoms with Crippen molar-refractivity contribution >= 4 is 18.2 Å². The van der Waals surface area contributed by atoms with Gasteiger partial charge in [0.05, 0.1) is 54.7 Å². The van der Waals surface area contributed by atoms with Crippen molar-refractivity contribution in [1.29, 1.82) is 0 Å². The number of cyclic esters (lactones) is 1. The highest BCUT2D eigenvalue weighted by Gasteiger charge is 2.53. The number of aliphatic hydroxyl groups excluding tert-OH is 2. The van der Waals surface area contributed by atoms with E-state index >= 15 is 0 Å². The van der Waals surface area contributed by atoms with Crippen LogP contribution in [0.5, 0.6) is 0 Å². The summed E-state index contributed by atoms with van der Waals surface area (Å²) in [4.78, 5) is 42.6. The zero-order valence-electron chi connectivity index (χ0n) is 38.9. The van der Waals surface area contributed by atoms with Crippen LogP contribution in [0.15, 0.2) is 24.3 Å². The van der Waals surface area contributed by atoms with Gasteiger partial charge in [0.1, 0.15) is 30.7 Å². The molecule has 356 valence electrons. The van der Waals surface area contributed by atoms with Crippen molar-refractivity contribution in [2.75, 3.05) is 35.3 Å². The first-order valence-electron chi connectivity index (χ1n) is 22.2. The van der Waals surface area contributed by atoms with Gasteiger partial charge < -0.3 is 72.5 Å². The molecule has 4 rings (SSSR count). The third-order valence-corrected chi connectivity index (χ3v) is 12.7. The van der Waals surface area contributed by atoms with Gasteiger partial charge in [-0.2, -0.15) is 0 Å². The average molecular weight is 885 g/mol. The van der Waals surface area contributed by atoms with E-state index < -0.39 is 116 Å². The van der Waals surface area contributed by atoms with Crippen molar-refractivity contribution in [3.05, 3.63) is 24.3 Å². The predicted molar refractivity (Wildman–Crippen MR) is 226 cm³/mol. The maximum atomic E-state index is 13.2. The van der Waals surface area contributed by atoms with Crippen LogP contribution in [0.25, 0.3) is 0 Å². The lowest BCUT2D eigenvalue weighted by molar-refractivity contribution is -0.344. The third kappa shape index (κ3) is 14.1. The molecule has 0 bridgehead atoms. The molecule has 0 aromatic carbocycles. The smallest absolute Gasteiger partial charge is 0.308 e. The number of carbonyl (C=O) groups excluding carboxylic acids is 3. The summed E-state index contributed by atoms with van der Waals surface area (Å²) in [6.45, 7) is 12.0. The number of ether oxygens (including phenoxy) is 9. The molecule has 4 heterocycles. The van der Waals surface area contributed by atoms with Gasteiger partial charge in [-0.15, -0.1) is 0 Å². The molecule has 0 aromatic heterocycles. The molecule has 3 N–H and O–H groups in total. The number of rotatable bonds is 12. The van der Waals surface area contributed by atoms with Crippen molar-refractivity contribution in [1.82, 2.24) is 9.80 Å². The predicted octanol–water partition coefficient (Wildman–Crippen LogP) is 2.90. The molecule has 0 spiro atoms. The van der Waals surface area contributed by atoms with E-state index in [-0.39, 0.29) is 30.9 Å². The molecule has 0 aliphatic carbocycles. The van der Waals surface area contributed by atoms with E-state index in [9.17, 15) is 29.7 Å². The van der Waals surface area contributed by atoms with Crippen molar-refractivity contribution in [3.8, 4) is 0 Å². The Morgan fingerprint density at radius 3 is 2.18 bits per heavy atom. The number of hydrogen-bond donors (Lipinski definition) is 3. The van der Waals surface area contributed by atoms with E-state index in [2.05, 4.69) is 4.90 Å². The molecule has 3 saturated heterocycles. The molecule has 0 unspecified atom stereocenters. The summed E-state index contributed by atoms with van der Waals surface area (Å²) in [5, 5.41) is 33.3. The van der Waals surface area contributed by atoms with Gasteiger partial charge >= 0.3 is 11.9 Å². The summed E-state index contributed by atoms with van der Waals surface area (Å²) in [6, 6.07) is -0.475. The monoisotopic (exact) mass is 885 g/mol. The fraction of sp³-hybridized carbons (Fsp3) is 0.844. The van der Waals surface area contributed by atoms with E-state index in [0.717, 1.165) is 12.7 Å². The lowest BCUT2D eigenvalue weighted by Gasteiger charge is -2.50. The van der Waals surface area contributed by atoms with E-state index in [4.69, 9.17) is 42.6 Å². The van der Waals surface area contributed by atoms with Gasteiger partial charge in [-0.05, 0) is 93.9 Å². The quantitative estimate of drug-likeness (QED) is 0.191.